The van der Waals surface area contributed by atoms with Gasteiger partial charge in [0, 0.05) is 18.3 Å². The molecule has 1 unspecified atom stereocenters. The van der Waals surface area contributed by atoms with Crippen LogP contribution in [0, 0.1) is 0 Å². The molecule has 4 N–H and O–H groups in total. The Labute approximate surface area is 144 Å². The number of aromatic nitrogens is 3. The monoisotopic (exact) mass is 348 g/mol. The molecule has 0 spiro atoms. The Morgan fingerprint density at radius 2 is 1.79 bits per heavy atom. The molecule has 0 aliphatic heterocycles. The summed E-state index contributed by atoms with van der Waals surface area (Å²) in [5, 5.41) is 13.9. The minimum Gasteiger partial charge on any atom is -0.368 e. The van der Waals surface area contributed by atoms with Gasteiger partial charge < -0.3 is 16.4 Å². The highest BCUT2D eigenvalue weighted by Gasteiger charge is 2.24. The predicted molar refractivity (Wildman–Crippen MR) is 94.9 cm³/mol. The fraction of sp³-hybridized carbons (Fsp3) is 0.333. The molecule has 2 amide bonds. The molecule has 0 aliphatic carbocycles. The number of carbonyl (C=O) groups is 2. The van der Waals surface area contributed by atoms with E-state index in [2.05, 4.69) is 20.8 Å². The number of benzene rings is 1. The standard InChI is InChI=1S/C15H20N6O2S/c1-4-12(21-14(16)19-20-15(21)24-3)13(23)18-11-7-5-10(6-8-11)17-9(2)22/h5-8,12H,4H2,1-3H3,(H2,16,19)(H,17,22)(H,18,23). The highest BCUT2D eigenvalue weighted by Crippen LogP contribution is 2.25. The fourth-order valence-electron chi connectivity index (χ4n) is 2.27. The number of rotatable bonds is 6. The van der Waals surface area contributed by atoms with Crippen molar-refractivity contribution in [2.75, 3.05) is 22.6 Å². The SMILES string of the molecule is CCC(C(=O)Nc1ccc(NC(C)=O)cc1)n1c(N)nnc1SC. The molecular weight excluding hydrogens is 328 g/mol. The first-order valence-corrected chi connectivity index (χ1v) is 8.61. The van der Waals surface area contributed by atoms with Crippen molar-refractivity contribution in [3.63, 3.8) is 0 Å². The lowest BCUT2D eigenvalue weighted by Crippen LogP contribution is -2.27. The second-order valence-electron chi connectivity index (χ2n) is 5.09. The highest BCUT2D eigenvalue weighted by atomic mass is 32.2. The third-order valence-corrected chi connectivity index (χ3v) is 3.99. The van der Waals surface area contributed by atoms with Crippen molar-refractivity contribution in [1.82, 2.24) is 14.8 Å². The van der Waals surface area contributed by atoms with Gasteiger partial charge in [0.2, 0.25) is 17.8 Å². The van der Waals surface area contributed by atoms with Crippen LogP contribution in [0.3, 0.4) is 0 Å². The molecule has 1 atom stereocenters. The van der Waals surface area contributed by atoms with Crippen molar-refractivity contribution in [2.24, 2.45) is 0 Å². The van der Waals surface area contributed by atoms with Gasteiger partial charge in [-0.1, -0.05) is 18.7 Å². The minimum absolute atomic E-state index is 0.148. The number of nitrogens with one attached hydrogen (secondary N) is 2. The van der Waals surface area contributed by atoms with Crippen molar-refractivity contribution in [1.29, 1.82) is 0 Å². The molecule has 24 heavy (non-hydrogen) atoms. The molecule has 1 aromatic carbocycles. The van der Waals surface area contributed by atoms with E-state index in [-0.39, 0.29) is 17.8 Å². The lowest BCUT2D eigenvalue weighted by atomic mass is 10.2. The van der Waals surface area contributed by atoms with Gasteiger partial charge in [-0.05, 0) is 36.9 Å². The normalized spacial score (nSPS) is 11.8. The number of thioether (sulfide) groups is 1. The smallest absolute Gasteiger partial charge is 0.247 e. The van der Waals surface area contributed by atoms with Crippen molar-refractivity contribution in [2.45, 2.75) is 31.5 Å². The number of nitrogens with zero attached hydrogens (tertiary/aromatic N) is 3. The summed E-state index contributed by atoms with van der Waals surface area (Å²) >= 11 is 1.38. The average molecular weight is 348 g/mol. The molecule has 0 saturated carbocycles. The van der Waals surface area contributed by atoms with Crippen LogP contribution in [0.15, 0.2) is 29.4 Å². The van der Waals surface area contributed by atoms with Gasteiger partial charge in [0.05, 0.1) is 0 Å². The second-order valence-corrected chi connectivity index (χ2v) is 5.86. The lowest BCUT2D eigenvalue weighted by Gasteiger charge is -2.18. The van der Waals surface area contributed by atoms with Gasteiger partial charge in [-0.2, -0.15) is 0 Å². The Bertz CT molecular complexity index is 728. The third kappa shape index (κ3) is 4.05. The van der Waals surface area contributed by atoms with Crippen LogP contribution >= 0.6 is 11.8 Å². The van der Waals surface area contributed by atoms with Crippen LogP contribution in [-0.4, -0.2) is 32.8 Å². The Hall–Kier alpha value is -2.55. The molecule has 8 nitrogen and oxygen atoms in total. The maximum absolute atomic E-state index is 12.6. The molecular formula is C15H20N6O2S. The van der Waals surface area contributed by atoms with Crippen LogP contribution in [0.1, 0.15) is 26.3 Å². The molecule has 0 radical (unpaired) electrons. The van der Waals surface area contributed by atoms with E-state index < -0.39 is 6.04 Å². The third-order valence-electron chi connectivity index (χ3n) is 3.35. The molecule has 0 fully saturated rings. The summed E-state index contributed by atoms with van der Waals surface area (Å²) in [6.07, 6.45) is 2.40. The summed E-state index contributed by atoms with van der Waals surface area (Å²) in [5.74, 6) is -0.139. The van der Waals surface area contributed by atoms with Gasteiger partial charge in [-0.25, -0.2) is 0 Å². The summed E-state index contributed by atoms with van der Waals surface area (Å²) in [7, 11) is 0. The summed E-state index contributed by atoms with van der Waals surface area (Å²) < 4.78 is 1.63. The van der Waals surface area contributed by atoms with Crippen LogP contribution in [-0.2, 0) is 9.59 Å². The number of nitrogens with two attached hydrogens (primary N) is 1. The van der Waals surface area contributed by atoms with Gasteiger partial charge in [-0.15, -0.1) is 10.2 Å². The fourth-order valence-corrected chi connectivity index (χ4v) is 2.81. The van der Waals surface area contributed by atoms with Gasteiger partial charge in [0.15, 0.2) is 5.16 Å². The molecule has 2 aromatic rings. The first kappa shape index (κ1) is 17.8. The Kier molecular flexibility index (Phi) is 5.80. The number of nitrogen functional groups attached to an aromatic ring is 1. The zero-order chi connectivity index (χ0) is 17.7. The maximum atomic E-state index is 12.6. The number of hydrogen-bond acceptors (Lipinski definition) is 6. The van der Waals surface area contributed by atoms with Crippen LogP contribution in [0.4, 0.5) is 17.3 Å². The number of amides is 2. The van der Waals surface area contributed by atoms with Gasteiger partial charge in [0.1, 0.15) is 6.04 Å². The molecule has 0 saturated heterocycles. The molecule has 9 heteroatoms. The first-order chi connectivity index (χ1) is 11.5. The zero-order valence-electron chi connectivity index (χ0n) is 13.7. The summed E-state index contributed by atoms with van der Waals surface area (Å²) in [6, 6.07) is 6.39. The second kappa shape index (κ2) is 7.82. The summed E-state index contributed by atoms with van der Waals surface area (Å²) in [5.41, 5.74) is 7.14. The largest absolute Gasteiger partial charge is 0.368 e. The van der Waals surface area contributed by atoms with E-state index in [9.17, 15) is 9.59 Å². The minimum atomic E-state index is -0.502. The van der Waals surface area contributed by atoms with Gasteiger partial charge in [0.25, 0.3) is 0 Å². The van der Waals surface area contributed by atoms with Crippen LogP contribution in [0.25, 0.3) is 0 Å². The quantitative estimate of drug-likeness (QED) is 0.689. The van der Waals surface area contributed by atoms with Crippen molar-refractivity contribution >= 4 is 40.9 Å². The summed E-state index contributed by atoms with van der Waals surface area (Å²) in [4.78, 5) is 23.6. The molecule has 128 valence electrons. The Morgan fingerprint density at radius 3 is 2.29 bits per heavy atom. The van der Waals surface area contributed by atoms with Crippen LogP contribution < -0.4 is 16.4 Å². The van der Waals surface area contributed by atoms with E-state index >= 15 is 0 Å². The average Bonchev–Trinajstić information content (AvgIpc) is 2.91. The van der Waals surface area contributed by atoms with E-state index in [1.54, 1.807) is 28.8 Å². The molecule has 1 heterocycles. The van der Waals surface area contributed by atoms with Crippen LogP contribution in [0.5, 0.6) is 0 Å². The molecule has 0 aliphatic rings. The predicted octanol–water partition coefficient (Wildman–Crippen LogP) is 2.13. The van der Waals surface area contributed by atoms with Crippen LogP contribution in [0.2, 0.25) is 0 Å². The van der Waals surface area contributed by atoms with E-state index in [1.165, 1.54) is 18.7 Å². The first-order valence-electron chi connectivity index (χ1n) is 7.39. The highest BCUT2D eigenvalue weighted by molar-refractivity contribution is 7.98. The molecule has 1 aromatic heterocycles. The van der Waals surface area contributed by atoms with Crippen molar-refractivity contribution in [3.05, 3.63) is 24.3 Å². The van der Waals surface area contributed by atoms with Crippen molar-refractivity contribution < 1.29 is 9.59 Å². The number of hydrogen-bond donors (Lipinski definition) is 3. The van der Waals surface area contributed by atoms with Gasteiger partial charge in [-0.3, -0.25) is 14.2 Å². The Balaban J connectivity index is 2.15. The molecule has 2 rings (SSSR count). The maximum Gasteiger partial charge on any atom is 0.247 e. The van der Waals surface area contributed by atoms with E-state index in [0.717, 1.165) is 0 Å². The van der Waals surface area contributed by atoms with E-state index in [1.807, 2.05) is 13.2 Å². The Morgan fingerprint density at radius 1 is 1.21 bits per heavy atom. The zero-order valence-corrected chi connectivity index (χ0v) is 14.6. The molecule has 0 bridgehead atoms. The number of anilines is 3. The van der Waals surface area contributed by atoms with Gasteiger partial charge >= 0.3 is 0 Å². The van der Waals surface area contributed by atoms with Crippen molar-refractivity contribution in [3.8, 4) is 0 Å². The van der Waals surface area contributed by atoms with E-state index in [4.69, 9.17) is 5.73 Å². The summed E-state index contributed by atoms with van der Waals surface area (Å²) in [6.45, 7) is 3.34. The van der Waals surface area contributed by atoms with E-state index in [0.29, 0.717) is 23.0 Å². The number of carbonyl (C=O) groups excluding carboxylic acids is 2. The lowest BCUT2D eigenvalue weighted by molar-refractivity contribution is -0.119. The topological polar surface area (TPSA) is 115 Å².